The van der Waals surface area contributed by atoms with Crippen molar-refractivity contribution in [3.05, 3.63) is 22.2 Å². The van der Waals surface area contributed by atoms with E-state index in [2.05, 4.69) is 41.4 Å². The third-order valence-electron chi connectivity index (χ3n) is 3.19. The van der Waals surface area contributed by atoms with Crippen LogP contribution in [-0.4, -0.2) is 48.0 Å². The Bertz CT molecular complexity index is 450. The zero-order chi connectivity index (χ0) is 15.1. The van der Waals surface area contributed by atoms with E-state index in [-0.39, 0.29) is 5.69 Å². The molecule has 0 spiro atoms. The molecule has 2 N–H and O–H groups in total. The number of hydrogen-bond acceptors (Lipinski definition) is 6. The van der Waals surface area contributed by atoms with Crippen molar-refractivity contribution in [1.82, 2.24) is 9.88 Å². The van der Waals surface area contributed by atoms with Gasteiger partial charge in [0.2, 0.25) is 5.82 Å². The lowest BCUT2D eigenvalue weighted by atomic mass is 10.3. The second-order valence-electron chi connectivity index (χ2n) is 4.93. The van der Waals surface area contributed by atoms with Crippen LogP contribution in [0.4, 0.5) is 17.3 Å². The van der Waals surface area contributed by atoms with Crippen molar-refractivity contribution in [2.24, 2.45) is 0 Å². The summed E-state index contributed by atoms with van der Waals surface area (Å²) in [4.78, 5) is 16.9. The first-order chi connectivity index (χ1) is 9.45. The molecule has 0 amide bonds. The van der Waals surface area contributed by atoms with Crippen molar-refractivity contribution in [2.45, 2.75) is 26.3 Å². The molecular weight excluding hydrogens is 258 g/mol. The summed E-state index contributed by atoms with van der Waals surface area (Å²) in [6.45, 7) is 5.86. The van der Waals surface area contributed by atoms with Crippen LogP contribution in [0, 0.1) is 10.1 Å². The molecular formula is C13H23N5O2. The second-order valence-corrected chi connectivity index (χ2v) is 4.93. The van der Waals surface area contributed by atoms with Gasteiger partial charge in [0.05, 0.1) is 4.92 Å². The number of aromatic nitrogens is 1. The number of anilines is 2. The summed E-state index contributed by atoms with van der Waals surface area (Å²) in [7, 11) is 3.79. The highest BCUT2D eigenvalue weighted by Gasteiger charge is 2.15. The Balaban J connectivity index is 2.60. The van der Waals surface area contributed by atoms with Crippen molar-refractivity contribution >= 4 is 17.3 Å². The van der Waals surface area contributed by atoms with Crippen LogP contribution in [0.15, 0.2) is 12.1 Å². The summed E-state index contributed by atoms with van der Waals surface area (Å²) in [6.07, 6.45) is 0.900. The van der Waals surface area contributed by atoms with Gasteiger partial charge in [-0.05, 0) is 39.9 Å². The van der Waals surface area contributed by atoms with Crippen LogP contribution < -0.4 is 10.6 Å². The lowest BCUT2D eigenvalue weighted by Crippen LogP contribution is -2.28. The van der Waals surface area contributed by atoms with Crippen LogP contribution >= 0.6 is 0 Å². The predicted molar refractivity (Wildman–Crippen MR) is 81.3 cm³/mol. The van der Waals surface area contributed by atoms with Gasteiger partial charge in [-0.25, -0.2) is 4.98 Å². The zero-order valence-electron chi connectivity index (χ0n) is 12.5. The number of nitrogens with zero attached hydrogens (tertiary/aromatic N) is 3. The van der Waals surface area contributed by atoms with Crippen LogP contribution in [-0.2, 0) is 0 Å². The van der Waals surface area contributed by atoms with Crippen LogP contribution in [0.25, 0.3) is 0 Å². The third kappa shape index (κ3) is 4.65. The Morgan fingerprint density at radius 1 is 1.45 bits per heavy atom. The zero-order valence-corrected chi connectivity index (χ0v) is 12.5. The molecule has 0 radical (unpaired) electrons. The molecule has 1 aromatic rings. The first-order valence-corrected chi connectivity index (χ1v) is 6.73. The van der Waals surface area contributed by atoms with Crippen LogP contribution in [0.5, 0.6) is 0 Å². The molecule has 0 aliphatic heterocycles. The molecule has 0 fully saturated rings. The summed E-state index contributed by atoms with van der Waals surface area (Å²) < 4.78 is 0. The lowest BCUT2D eigenvalue weighted by molar-refractivity contribution is -0.384. The lowest BCUT2D eigenvalue weighted by Gasteiger charge is -2.20. The molecule has 0 unspecified atom stereocenters. The van der Waals surface area contributed by atoms with E-state index in [1.807, 2.05) is 0 Å². The van der Waals surface area contributed by atoms with Gasteiger partial charge in [0.25, 0.3) is 0 Å². The van der Waals surface area contributed by atoms with Crippen molar-refractivity contribution in [2.75, 3.05) is 37.8 Å². The maximum atomic E-state index is 10.9. The number of nitro groups is 1. The Labute approximate surface area is 119 Å². The Morgan fingerprint density at radius 2 is 2.15 bits per heavy atom. The fourth-order valence-electron chi connectivity index (χ4n) is 1.66. The van der Waals surface area contributed by atoms with Gasteiger partial charge in [0.1, 0.15) is 5.82 Å². The van der Waals surface area contributed by atoms with E-state index in [0.717, 1.165) is 13.0 Å². The van der Waals surface area contributed by atoms with Crippen molar-refractivity contribution in [3.63, 3.8) is 0 Å². The third-order valence-corrected chi connectivity index (χ3v) is 3.19. The molecule has 7 heteroatoms. The minimum Gasteiger partial charge on any atom is -0.373 e. The minimum atomic E-state index is -0.422. The highest BCUT2D eigenvalue weighted by atomic mass is 16.6. The molecule has 0 atom stereocenters. The summed E-state index contributed by atoms with van der Waals surface area (Å²) in [5.74, 6) is 0.923. The Kier molecular flexibility index (Phi) is 6.17. The van der Waals surface area contributed by atoms with Gasteiger partial charge in [-0.1, -0.05) is 0 Å². The second kappa shape index (κ2) is 7.64. The van der Waals surface area contributed by atoms with E-state index in [4.69, 9.17) is 0 Å². The first kappa shape index (κ1) is 16.2. The molecule has 0 saturated heterocycles. The van der Waals surface area contributed by atoms with Gasteiger partial charge in [-0.15, -0.1) is 0 Å². The Hall–Kier alpha value is -1.89. The normalized spacial score (nSPS) is 10.9. The van der Waals surface area contributed by atoms with Crippen LogP contribution in [0.1, 0.15) is 20.3 Å². The van der Waals surface area contributed by atoms with E-state index in [0.29, 0.717) is 24.2 Å². The van der Waals surface area contributed by atoms with Crippen molar-refractivity contribution in [1.29, 1.82) is 0 Å². The molecule has 1 heterocycles. The maximum Gasteiger partial charge on any atom is 0.311 e. The van der Waals surface area contributed by atoms with Gasteiger partial charge < -0.3 is 15.5 Å². The molecule has 0 saturated carbocycles. The average Bonchev–Trinajstić information content (AvgIpc) is 2.42. The fourth-order valence-corrected chi connectivity index (χ4v) is 1.66. The summed E-state index contributed by atoms with van der Waals surface area (Å²) in [5.41, 5.74) is 0.00112. The van der Waals surface area contributed by atoms with E-state index in [1.165, 1.54) is 6.07 Å². The summed E-state index contributed by atoms with van der Waals surface area (Å²) in [6, 6.07) is 3.55. The first-order valence-electron chi connectivity index (χ1n) is 6.73. The molecule has 0 aromatic carbocycles. The molecule has 1 rings (SSSR count). The quantitative estimate of drug-likeness (QED) is 0.431. The standard InChI is InChI=1S/C13H23N5O2/c1-10(2)17(4)9-5-8-15-13-11(18(19)20)6-7-12(14-3)16-13/h6-7,10H,5,8-9H2,1-4H3,(H2,14,15,16). The van der Waals surface area contributed by atoms with Crippen LogP contribution in [0.3, 0.4) is 0 Å². The van der Waals surface area contributed by atoms with Gasteiger partial charge >= 0.3 is 5.69 Å². The summed E-state index contributed by atoms with van der Waals surface area (Å²) in [5, 5.41) is 16.9. The Morgan fingerprint density at radius 3 is 2.70 bits per heavy atom. The molecule has 1 aromatic heterocycles. The average molecular weight is 281 g/mol. The molecule has 0 aliphatic rings. The smallest absolute Gasteiger partial charge is 0.311 e. The molecule has 0 bridgehead atoms. The van der Waals surface area contributed by atoms with Gasteiger partial charge in [-0.3, -0.25) is 10.1 Å². The molecule has 7 nitrogen and oxygen atoms in total. The van der Waals surface area contributed by atoms with E-state index in [9.17, 15) is 10.1 Å². The molecule has 112 valence electrons. The van der Waals surface area contributed by atoms with Gasteiger partial charge in [0, 0.05) is 25.7 Å². The SMILES string of the molecule is CNc1ccc([N+](=O)[O-])c(NCCCN(C)C(C)C)n1. The van der Waals surface area contributed by atoms with Gasteiger partial charge in [0.15, 0.2) is 0 Å². The van der Waals surface area contributed by atoms with Gasteiger partial charge in [-0.2, -0.15) is 0 Å². The highest BCUT2D eigenvalue weighted by Crippen LogP contribution is 2.23. The fraction of sp³-hybridized carbons (Fsp3) is 0.615. The van der Waals surface area contributed by atoms with E-state index in [1.54, 1.807) is 13.1 Å². The van der Waals surface area contributed by atoms with Crippen LogP contribution in [0.2, 0.25) is 0 Å². The number of nitrogens with one attached hydrogen (secondary N) is 2. The predicted octanol–water partition coefficient (Wildman–Crippen LogP) is 2.17. The number of rotatable bonds is 8. The highest BCUT2D eigenvalue weighted by molar-refractivity contribution is 5.60. The molecule has 20 heavy (non-hydrogen) atoms. The maximum absolute atomic E-state index is 10.9. The topological polar surface area (TPSA) is 83.3 Å². The van der Waals surface area contributed by atoms with E-state index < -0.39 is 4.92 Å². The van der Waals surface area contributed by atoms with Crippen molar-refractivity contribution in [3.8, 4) is 0 Å². The number of hydrogen-bond donors (Lipinski definition) is 2. The van der Waals surface area contributed by atoms with E-state index >= 15 is 0 Å². The summed E-state index contributed by atoms with van der Waals surface area (Å²) >= 11 is 0. The molecule has 0 aliphatic carbocycles. The number of pyridine rings is 1. The largest absolute Gasteiger partial charge is 0.373 e. The minimum absolute atomic E-state index is 0.00112. The monoisotopic (exact) mass is 281 g/mol. The van der Waals surface area contributed by atoms with Crippen molar-refractivity contribution < 1.29 is 4.92 Å².